The molecule has 3 rings (SSSR count). The van der Waals surface area contributed by atoms with Gasteiger partial charge in [-0.2, -0.15) is 0 Å². The van der Waals surface area contributed by atoms with Crippen molar-refractivity contribution in [1.29, 1.82) is 0 Å². The molecule has 3 heteroatoms. The summed E-state index contributed by atoms with van der Waals surface area (Å²) in [7, 11) is 0. The standard InChI is InChI=1S/C17H21N3/c1-10-7-12(3)15(8-11(10)2)16-9-17(19-13(4)18-16)20-14-5-6-14/h7-9,14H,5-6H2,1-4H3,(H,18,19,20). The van der Waals surface area contributed by atoms with Gasteiger partial charge >= 0.3 is 0 Å². The van der Waals surface area contributed by atoms with Gasteiger partial charge < -0.3 is 5.32 Å². The van der Waals surface area contributed by atoms with E-state index in [0.717, 1.165) is 17.3 Å². The number of nitrogens with one attached hydrogen (secondary N) is 1. The van der Waals surface area contributed by atoms with E-state index in [-0.39, 0.29) is 0 Å². The zero-order chi connectivity index (χ0) is 14.3. The molecule has 0 amide bonds. The Labute approximate surface area is 120 Å². The van der Waals surface area contributed by atoms with Crippen LogP contribution in [-0.4, -0.2) is 16.0 Å². The highest BCUT2D eigenvalue weighted by molar-refractivity contribution is 5.67. The van der Waals surface area contributed by atoms with E-state index in [0.29, 0.717) is 6.04 Å². The van der Waals surface area contributed by atoms with Gasteiger partial charge in [0, 0.05) is 17.7 Å². The monoisotopic (exact) mass is 267 g/mol. The molecule has 1 aromatic heterocycles. The maximum absolute atomic E-state index is 4.61. The van der Waals surface area contributed by atoms with Crippen molar-refractivity contribution in [3.63, 3.8) is 0 Å². The molecule has 1 saturated carbocycles. The molecule has 1 aromatic carbocycles. The summed E-state index contributed by atoms with van der Waals surface area (Å²) >= 11 is 0. The van der Waals surface area contributed by atoms with Gasteiger partial charge in [-0.15, -0.1) is 0 Å². The molecule has 0 saturated heterocycles. The van der Waals surface area contributed by atoms with Gasteiger partial charge in [-0.3, -0.25) is 0 Å². The minimum absolute atomic E-state index is 0.609. The molecular weight excluding hydrogens is 246 g/mol. The van der Waals surface area contributed by atoms with Gasteiger partial charge in [-0.1, -0.05) is 6.07 Å². The minimum Gasteiger partial charge on any atom is -0.367 e. The van der Waals surface area contributed by atoms with Crippen LogP contribution in [-0.2, 0) is 0 Å². The summed E-state index contributed by atoms with van der Waals surface area (Å²) in [6.07, 6.45) is 2.50. The third-order valence-corrected chi connectivity index (χ3v) is 3.88. The smallest absolute Gasteiger partial charge is 0.130 e. The Hall–Kier alpha value is -1.90. The van der Waals surface area contributed by atoms with Crippen molar-refractivity contribution in [2.45, 2.75) is 46.6 Å². The van der Waals surface area contributed by atoms with Gasteiger partial charge in [0.2, 0.25) is 0 Å². The SMILES string of the molecule is Cc1nc(NC2CC2)cc(-c2cc(C)c(C)cc2C)n1. The second-order valence-electron chi connectivity index (χ2n) is 5.86. The first-order valence-corrected chi connectivity index (χ1v) is 7.23. The van der Waals surface area contributed by atoms with Gasteiger partial charge in [0.1, 0.15) is 11.6 Å². The highest BCUT2D eigenvalue weighted by Crippen LogP contribution is 2.28. The van der Waals surface area contributed by atoms with Crippen molar-refractivity contribution >= 4 is 5.82 Å². The lowest BCUT2D eigenvalue weighted by atomic mass is 9.98. The Morgan fingerprint density at radius 2 is 1.60 bits per heavy atom. The van der Waals surface area contributed by atoms with E-state index >= 15 is 0 Å². The molecule has 0 unspecified atom stereocenters. The molecule has 104 valence electrons. The Morgan fingerprint density at radius 3 is 2.30 bits per heavy atom. The van der Waals surface area contributed by atoms with E-state index in [4.69, 9.17) is 0 Å². The molecule has 0 atom stereocenters. The lowest BCUT2D eigenvalue weighted by Crippen LogP contribution is -2.05. The highest BCUT2D eigenvalue weighted by atomic mass is 15.1. The molecule has 0 radical (unpaired) electrons. The predicted molar refractivity (Wildman–Crippen MR) is 83.1 cm³/mol. The van der Waals surface area contributed by atoms with Crippen LogP contribution in [0, 0.1) is 27.7 Å². The number of benzene rings is 1. The number of aryl methyl sites for hydroxylation is 4. The Kier molecular flexibility index (Phi) is 3.20. The quantitative estimate of drug-likeness (QED) is 0.915. The van der Waals surface area contributed by atoms with Gasteiger partial charge in [0.25, 0.3) is 0 Å². The fraction of sp³-hybridized carbons (Fsp3) is 0.412. The fourth-order valence-electron chi connectivity index (χ4n) is 2.45. The van der Waals surface area contributed by atoms with Crippen LogP contribution in [0.3, 0.4) is 0 Å². The Bertz CT molecular complexity index is 658. The van der Waals surface area contributed by atoms with E-state index in [1.165, 1.54) is 35.1 Å². The number of nitrogens with zero attached hydrogens (tertiary/aromatic N) is 2. The van der Waals surface area contributed by atoms with Crippen LogP contribution in [0.25, 0.3) is 11.3 Å². The molecule has 0 spiro atoms. The summed E-state index contributed by atoms with van der Waals surface area (Å²) in [5.41, 5.74) is 6.12. The second-order valence-corrected chi connectivity index (χ2v) is 5.86. The van der Waals surface area contributed by atoms with E-state index < -0.39 is 0 Å². The summed E-state index contributed by atoms with van der Waals surface area (Å²) in [5, 5.41) is 3.46. The second kappa shape index (κ2) is 4.89. The van der Waals surface area contributed by atoms with Crippen molar-refractivity contribution in [3.8, 4) is 11.3 Å². The topological polar surface area (TPSA) is 37.8 Å². The molecular formula is C17H21N3. The number of hydrogen-bond donors (Lipinski definition) is 1. The fourth-order valence-corrected chi connectivity index (χ4v) is 2.45. The first-order chi connectivity index (χ1) is 9.52. The zero-order valence-electron chi connectivity index (χ0n) is 12.6. The summed E-state index contributed by atoms with van der Waals surface area (Å²) in [5.74, 6) is 1.77. The average molecular weight is 267 g/mol. The van der Waals surface area contributed by atoms with Crippen LogP contribution in [0.15, 0.2) is 18.2 Å². The number of aromatic nitrogens is 2. The lowest BCUT2D eigenvalue weighted by Gasteiger charge is -2.12. The van der Waals surface area contributed by atoms with Crippen LogP contribution in [0.1, 0.15) is 35.4 Å². The third kappa shape index (κ3) is 2.67. The van der Waals surface area contributed by atoms with Crippen LogP contribution < -0.4 is 5.32 Å². The normalized spacial score (nSPS) is 14.4. The molecule has 1 fully saturated rings. The van der Waals surface area contributed by atoms with Gasteiger partial charge in [0.15, 0.2) is 0 Å². The maximum Gasteiger partial charge on any atom is 0.130 e. The van der Waals surface area contributed by atoms with Crippen molar-refractivity contribution in [2.75, 3.05) is 5.32 Å². The van der Waals surface area contributed by atoms with Gasteiger partial charge in [-0.25, -0.2) is 9.97 Å². The molecule has 0 aliphatic heterocycles. The molecule has 1 heterocycles. The average Bonchev–Trinajstić information content (AvgIpc) is 3.17. The first kappa shape index (κ1) is 13.1. The number of hydrogen-bond acceptors (Lipinski definition) is 3. The molecule has 1 aliphatic carbocycles. The Balaban J connectivity index is 2.04. The van der Waals surface area contributed by atoms with Gasteiger partial charge in [-0.05, 0) is 63.3 Å². The highest BCUT2D eigenvalue weighted by Gasteiger charge is 2.21. The summed E-state index contributed by atoms with van der Waals surface area (Å²) in [6, 6.07) is 7.14. The van der Waals surface area contributed by atoms with Crippen molar-refractivity contribution in [3.05, 3.63) is 40.7 Å². The molecule has 3 nitrogen and oxygen atoms in total. The molecule has 1 N–H and O–H groups in total. The number of rotatable bonds is 3. The molecule has 1 aliphatic rings. The summed E-state index contributed by atoms with van der Waals surface area (Å²) in [6.45, 7) is 8.40. The zero-order valence-corrected chi connectivity index (χ0v) is 12.6. The third-order valence-electron chi connectivity index (χ3n) is 3.88. The maximum atomic E-state index is 4.61. The van der Waals surface area contributed by atoms with Gasteiger partial charge in [0.05, 0.1) is 5.69 Å². The van der Waals surface area contributed by atoms with Crippen molar-refractivity contribution < 1.29 is 0 Å². The molecule has 20 heavy (non-hydrogen) atoms. The van der Waals surface area contributed by atoms with E-state index in [2.05, 4.69) is 54.3 Å². The van der Waals surface area contributed by atoms with Crippen LogP contribution in [0.2, 0.25) is 0 Å². The predicted octanol–water partition coefficient (Wildman–Crippen LogP) is 3.95. The number of anilines is 1. The molecule has 0 bridgehead atoms. The van der Waals surface area contributed by atoms with Crippen LogP contribution >= 0.6 is 0 Å². The van der Waals surface area contributed by atoms with Crippen LogP contribution in [0.5, 0.6) is 0 Å². The first-order valence-electron chi connectivity index (χ1n) is 7.23. The van der Waals surface area contributed by atoms with Crippen molar-refractivity contribution in [1.82, 2.24) is 9.97 Å². The lowest BCUT2D eigenvalue weighted by molar-refractivity contribution is 1.02. The Morgan fingerprint density at radius 1 is 0.900 bits per heavy atom. The van der Waals surface area contributed by atoms with Crippen molar-refractivity contribution in [2.24, 2.45) is 0 Å². The van der Waals surface area contributed by atoms with Crippen LogP contribution in [0.4, 0.5) is 5.82 Å². The van der Waals surface area contributed by atoms with E-state index in [9.17, 15) is 0 Å². The van der Waals surface area contributed by atoms with E-state index in [1.807, 2.05) is 6.92 Å². The van der Waals surface area contributed by atoms with E-state index in [1.54, 1.807) is 0 Å². The largest absolute Gasteiger partial charge is 0.367 e. The molecule has 2 aromatic rings. The summed E-state index contributed by atoms with van der Waals surface area (Å²) in [4.78, 5) is 9.10. The minimum atomic E-state index is 0.609. The summed E-state index contributed by atoms with van der Waals surface area (Å²) < 4.78 is 0.